The van der Waals surface area contributed by atoms with Gasteiger partial charge in [-0.3, -0.25) is 0 Å². The van der Waals surface area contributed by atoms with E-state index in [0.29, 0.717) is 19.3 Å². The van der Waals surface area contributed by atoms with Gasteiger partial charge in [-0.05, 0) is 6.07 Å². The third kappa shape index (κ3) is 5.69. The van der Waals surface area contributed by atoms with E-state index < -0.39 is 0 Å². The molecule has 1 aromatic carbocycles. The molecule has 0 bridgehead atoms. The van der Waals surface area contributed by atoms with E-state index >= 15 is 0 Å². The lowest BCUT2D eigenvalue weighted by Gasteiger charge is -2.13. The third-order valence-electron chi connectivity index (χ3n) is 2.88. The minimum absolute atomic E-state index is 0.495. The highest BCUT2D eigenvalue weighted by molar-refractivity contribution is 9.10. The summed E-state index contributed by atoms with van der Waals surface area (Å²) in [6.07, 6.45) is 0.801. The Morgan fingerprint density at radius 1 is 1.15 bits per heavy atom. The molecule has 0 saturated carbocycles. The zero-order valence-corrected chi connectivity index (χ0v) is 14.2. The van der Waals surface area contributed by atoms with Crippen LogP contribution in [0.25, 0.3) is 0 Å². The van der Waals surface area contributed by atoms with Crippen molar-refractivity contribution >= 4 is 15.9 Å². The normalized spacial score (nSPS) is 10.9. The van der Waals surface area contributed by atoms with Crippen molar-refractivity contribution in [3.05, 3.63) is 22.2 Å². The van der Waals surface area contributed by atoms with Crippen molar-refractivity contribution in [2.24, 2.45) is 0 Å². The van der Waals surface area contributed by atoms with E-state index in [-0.39, 0.29) is 0 Å². The van der Waals surface area contributed by atoms with Gasteiger partial charge in [0.1, 0.15) is 11.5 Å². The highest BCUT2D eigenvalue weighted by Crippen LogP contribution is 2.32. The van der Waals surface area contributed by atoms with Crippen LogP contribution in [0.15, 0.2) is 16.6 Å². The number of hydrogen-bond acceptors (Lipinski definition) is 4. The Morgan fingerprint density at radius 2 is 1.90 bits per heavy atom. The second-order valence-electron chi connectivity index (χ2n) is 4.76. The lowest BCUT2D eigenvalue weighted by molar-refractivity contribution is 0.137. The first-order valence-corrected chi connectivity index (χ1v) is 7.59. The van der Waals surface area contributed by atoms with Crippen LogP contribution in [0.5, 0.6) is 11.5 Å². The summed E-state index contributed by atoms with van der Waals surface area (Å²) in [7, 11) is 3.31. The van der Waals surface area contributed by atoms with Crippen molar-refractivity contribution in [2.45, 2.75) is 26.3 Å². The van der Waals surface area contributed by atoms with E-state index in [9.17, 15) is 0 Å². The van der Waals surface area contributed by atoms with E-state index in [0.717, 1.165) is 34.5 Å². The van der Waals surface area contributed by atoms with Gasteiger partial charge in [0.05, 0.1) is 27.4 Å². The maximum absolute atomic E-state index is 5.63. The molecule has 1 aromatic rings. The summed E-state index contributed by atoms with van der Waals surface area (Å²) in [5.41, 5.74) is 1.10. The molecular formula is C15H24BrNO3. The van der Waals surface area contributed by atoms with Crippen LogP contribution in [0.1, 0.15) is 19.4 Å². The fraction of sp³-hybridized carbons (Fsp3) is 0.600. The second kappa shape index (κ2) is 9.21. The van der Waals surface area contributed by atoms with Crippen LogP contribution in [0.3, 0.4) is 0 Å². The van der Waals surface area contributed by atoms with Gasteiger partial charge in [-0.25, -0.2) is 0 Å². The zero-order chi connectivity index (χ0) is 15.0. The maximum Gasteiger partial charge on any atom is 0.126 e. The molecule has 0 amide bonds. The summed E-state index contributed by atoms with van der Waals surface area (Å²) in [5, 5.41) is 3.32. The topological polar surface area (TPSA) is 39.7 Å². The molecule has 0 saturated heterocycles. The summed E-state index contributed by atoms with van der Waals surface area (Å²) < 4.78 is 17.2. The fourth-order valence-corrected chi connectivity index (χ4v) is 2.45. The molecule has 20 heavy (non-hydrogen) atoms. The molecule has 0 atom stereocenters. The standard InChI is InChI=1S/C15H24BrNO3/c1-11(2)17-6-8-20-7-5-13-14(16)9-12(18-3)10-15(13)19-4/h9-11,17H,5-8H2,1-4H3. The van der Waals surface area contributed by atoms with Gasteiger partial charge >= 0.3 is 0 Å². The molecule has 114 valence electrons. The van der Waals surface area contributed by atoms with Crippen LogP contribution in [0.2, 0.25) is 0 Å². The second-order valence-corrected chi connectivity index (χ2v) is 5.62. The number of methoxy groups -OCH3 is 2. The Balaban J connectivity index is 2.47. The molecule has 1 rings (SSSR count). The van der Waals surface area contributed by atoms with Gasteiger partial charge in [-0.15, -0.1) is 0 Å². The Bertz CT molecular complexity index is 410. The van der Waals surface area contributed by atoms with Gasteiger partial charge in [0.2, 0.25) is 0 Å². The Labute approximate surface area is 129 Å². The molecule has 0 aromatic heterocycles. The highest BCUT2D eigenvalue weighted by atomic mass is 79.9. The average molecular weight is 346 g/mol. The van der Waals surface area contributed by atoms with E-state index in [1.54, 1.807) is 14.2 Å². The van der Waals surface area contributed by atoms with Crippen LogP contribution in [0, 0.1) is 0 Å². The van der Waals surface area contributed by atoms with Crippen LogP contribution in [0.4, 0.5) is 0 Å². The third-order valence-corrected chi connectivity index (χ3v) is 3.59. The molecule has 0 aliphatic rings. The van der Waals surface area contributed by atoms with Crippen LogP contribution < -0.4 is 14.8 Å². The van der Waals surface area contributed by atoms with Gasteiger partial charge in [-0.2, -0.15) is 0 Å². The van der Waals surface area contributed by atoms with E-state index in [4.69, 9.17) is 14.2 Å². The first kappa shape index (κ1) is 17.3. The number of benzene rings is 1. The lowest BCUT2D eigenvalue weighted by atomic mass is 10.1. The molecule has 0 heterocycles. The van der Waals surface area contributed by atoms with Gasteiger partial charge in [0.15, 0.2) is 0 Å². The van der Waals surface area contributed by atoms with Crippen molar-refractivity contribution in [3.63, 3.8) is 0 Å². The largest absolute Gasteiger partial charge is 0.497 e. The quantitative estimate of drug-likeness (QED) is 0.698. The van der Waals surface area contributed by atoms with Crippen LogP contribution >= 0.6 is 15.9 Å². The monoisotopic (exact) mass is 345 g/mol. The van der Waals surface area contributed by atoms with Crippen molar-refractivity contribution in [2.75, 3.05) is 34.0 Å². The zero-order valence-electron chi connectivity index (χ0n) is 12.7. The number of hydrogen-bond donors (Lipinski definition) is 1. The SMILES string of the molecule is COc1cc(Br)c(CCOCCNC(C)C)c(OC)c1. The van der Waals surface area contributed by atoms with Gasteiger partial charge in [0.25, 0.3) is 0 Å². The minimum atomic E-state index is 0.495. The fourth-order valence-electron chi connectivity index (χ4n) is 1.83. The van der Waals surface area contributed by atoms with E-state index in [1.807, 2.05) is 12.1 Å². The summed E-state index contributed by atoms with van der Waals surface area (Å²) in [4.78, 5) is 0. The Hall–Kier alpha value is -0.780. The summed E-state index contributed by atoms with van der Waals surface area (Å²) in [6, 6.07) is 4.33. The molecule has 0 spiro atoms. The lowest BCUT2D eigenvalue weighted by Crippen LogP contribution is -2.26. The molecule has 0 fully saturated rings. The molecule has 5 heteroatoms. The number of ether oxygens (including phenoxy) is 3. The molecule has 0 unspecified atom stereocenters. The van der Waals surface area contributed by atoms with Gasteiger partial charge < -0.3 is 19.5 Å². The number of rotatable bonds is 9. The number of halogens is 1. The van der Waals surface area contributed by atoms with Gasteiger partial charge in [0, 0.05) is 35.1 Å². The first-order valence-electron chi connectivity index (χ1n) is 6.80. The summed E-state index contributed by atoms with van der Waals surface area (Å²) in [6.45, 7) is 6.51. The smallest absolute Gasteiger partial charge is 0.126 e. The molecule has 0 radical (unpaired) electrons. The van der Waals surface area contributed by atoms with E-state index in [2.05, 4.69) is 35.1 Å². The molecule has 4 nitrogen and oxygen atoms in total. The van der Waals surface area contributed by atoms with Crippen molar-refractivity contribution in [1.82, 2.24) is 5.32 Å². The van der Waals surface area contributed by atoms with Gasteiger partial charge in [-0.1, -0.05) is 29.8 Å². The van der Waals surface area contributed by atoms with Crippen molar-refractivity contribution in [3.8, 4) is 11.5 Å². The van der Waals surface area contributed by atoms with Crippen molar-refractivity contribution in [1.29, 1.82) is 0 Å². The average Bonchev–Trinajstić information content (AvgIpc) is 2.42. The van der Waals surface area contributed by atoms with Crippen molar-refractivity contribution < 1.29 is 14.2 Å². The predicted octanol–water partition coefficient (Wildman–Crippen LogP) is 3.02. The van der Waals surface area contributed by atoms with Crippen LogP contribution in [-0.2, 0) is 11.2 Å². The predicted molar refractivity (Wildman–Crippen MR) is 84.9 cm³/mol. The van der Waals surface area contributed by atoms with Crippen LogP contribution in [-0.4, -0.2) is 40.0 Å². The first-order chi connectivity index (χ1) is 9.58. The van der Waals surface area contributed by atoms with E-state index in [1.165, 1.54) is 0 Å². The molecule has 0 aliphatic carbocycles. The maximum atomic E-state index is 5.63. The molecule has 1 N–H and O–H groups in total. The number of nitrogens with one attached hydrogen (secondary N) is 1. The Kier molecular flexibility index (Phi) is 7.95. The Morgan fingerprint density at radius 3 is 2.50 bits per heavy atom. The molecule has 0 aliphatic heterocycles. The summed E-state index contributed by atoms with van der Waals surface area (Å²) >= 11 is 3.55. The highest BCUT2D eigenvalue weighted by Gasteiger charge is 2.10. The summed E-state index contributed by atoms with van der Waals surface area (Å²) in [5.74, 6) is 1.60. The minimum Gasteiger partial charge on any atom is -0.497 e. The molecular weight excluding hydrogens is 322 g/mol.